The zero-order chi connectivity index (χ0) is 14.7. The maximum absolute atomic E-state index is 14.0. The highest BCUT2D eigenvalue weighted by Crippen LogP contribution is 2.31. The van der Waals surface area contributed by atoms with Crippen molar-refractivity contribution in [3.63, 3.8) is 0 Å². The average molecular weight is 452 g/mol. The molecule has 1 N–H and O–H groups in total. The second kappa shape index (κ2) is 6.95. The van der Waals surface area contributed by atoms with Gasteiger partial charge in [-0.1, -0.05) is 28.9 Å². The molecule has 1 unspecified atom stereocenters. The summed E-state index contributed by atoms with van der Waals surface area (Å²) in [4.78, 5) is 0. The molecule has 1 nitrogen and oxygen atoms in total. The molecule has 2 rings (SSSR count). The third-order valence-corrected chi connectivity index (χ3v) is 4.34. The van der Waals surface area contributed by atoms with E-state index in [1.54, 1.807) is 0 Å². The number of benzene rings is 2. The van der Waals surface area contributed by atoms with E-state index in [0.29, 0.717) is 12.1 Å². The minimum atomic E-state index is -0.566. The molecule has 2 aromatic rings. The van der Waals surface area contributed by atoms with Gasteiger partial charge in [0.2, 0.25) is 0 Å². The Morgan fingerprint density at radius 2 is 1.90 bits per heavy atom. The van der Waals surface area contributed by atoms with E-state index in [-0.39, 0.29) is 6.04 Å². The lowest BCUT2D eigenvalue weighted by Gasteiger charge is -2.21. The number of hydrogen-bond acceptors (Lipinski definition) is 1. The van der Waals surface area contributed by atoms with Crippen LogP contribution in [0.4, 0.5) is 8.78 Å². The van der Waals surface area contributed by atoms with Gasteiger partial charge in [-0.05, 0) is 59.0 Å². The van der Waals surface area contributed by atoms with E-state index in [1.807, 2.05) is 25.1 Å². The van der Waals surface area contributed by atoms with Crippen molar-refractivity contribution >= 4 is 38.5 Å². The number of nitrogens with one attached hydrogen (secondary N) is 1. The lowest BCUT2D eigenvalue weighted by atomic mass is 9.98. The highest BCUT2D eigenvalue weighted by atomic mass is 127. The maximum atomic E-state index is 14.0. The van der Waals surface area contributed by atoms with Gasteiger partial charge in [0.25, 0.3) is 0 Å². The molecule has 0 bridgehead atoms. The molecule has 0 aliphatic carbocycles. The SMILES string of the molecule is CCNC(c1ccc(F)cc1F)c1cc(I)ccc1Br. The summed E-state index contributed by atoms with van der Waals surface area (Å²) in [7, 11) is 0. The fraction of sp³-hybridized carbons (Fsp3) is 0.200. The lowest BCUT2D eigenvalue weighted by molar-refractivity contribution is 0.540. The summed E-state index contributed by atoms with van der Waals surface area (Å²) in [5.74, 6) is -1.11. The fourth-order valence-corrected chi connectivity index (χ4v) is 3.05. The van der Waals surface area contributed by atoms with Crippen molar-refractivity contribution in [2.45, 2.75) is 13.0 Å². The molecule has 0 spiro atoms. The molecule has 0 aliphatic rings. The van der Waals surface area contributed by atoms with Gasteiger partial charge >= 0.3 is 0 Å². The first-order valence-electron chi connectivity index (χ1n) is 6.16. The third-order valence-electron chi connectivity index (χ3n) is 2.95. The van der Waals surface area contributed by atoms with E-state index in [0.717, 1.165) is 19.7 Å². The number of rotatable bonds is 4. The molecule has 1 atom stereocenters. The molecule has 5 heteroatoms. The van der Waals surface area contributed by atoms with Gasteiger partial charge in [0.1, 0.15) is 11.6 Å². The minimum absolute atomic E-state index is 0.315. The molecule has 0 aliphatic heterocycles. The van der Waals surface area contributed by atoms with Crippen molar-refractivity contribution < 1.29 is 8.78 Å². The molecule has 2 aromatic carbocycles. The Morgan fingerprint density at radius 1 is 1.15 bits per heavy atom. The van der Waals surface area contributed by atoms with Crippen molar-refractivity contribution in [1.82, 2.24) is 5.32 Å². The van der Waals surface area contributed by atoms with Crippen molar-refractivity contribution in [2.24, 2.45) is 0 Å². The smallest absolute Gasteiger partial charge is 0.131 e. The predicted molar refractivity (Wildman–Crippen MR) is 88.7 cm³/mol. The predicted octanol–water partition coefficient (Wildman–Crippen LogP) is 5.03. The van der Waals surface area contributed by atoms with Gasteiger partial charge in [-0.2, -0.15) is 0 Å². The monoisotopic (exact) mass is 451 g/mol. The van der Waals surface area contributed by atoms with Crippen LogP contribution in [-0.2, 0) is 0 Å². The summed E-state index contributed by atoms with van der Waals surface area (Å²) in [5, 5.41) is 3.25. The van der Waals surface area contributed by atoms with Crippen molar-refractivity contribution in [3.8, 4) is 0 Å². The van der Waals surface area contributed by atoms with Gasteiger partial charge in [0, 0.05) is 19.7 Å². The van der Waals surface area contributed by atoms with E-state index in [1.165, 1.54) is 12.1 Å². The molecule has 0 amide bonds. The number of halogens is 4. The number of hydrogen-bond donors (Lipinski definition) is 1. The average Bonchev–Trinajstić information content (AvgIpc) is 2.40. The summed E-state index contributed by atoms with van der Waals surface area (Å²) in [6, 6.07) is 9.27. The van der Waals surface area contributed by atoms with Gasteiger partial charge in [0.15, 0.2) is 0 Å². The van der Waals surface area contributed by atoms with Crippen LogP contribution in [-0.4, -0.2) is 6.54 Å². The van der Waals surface area contributed by atoms with E-state index >= 15 is 0 Å². The van der Waals surface area contributed by atoms with Crippen LogP contribution in [0.15, 0.2) is 40.9 Å². The topological polar surface area (TPSA) is 12.0 Å². The first kappa shape index (κ1) is 15.9. The Kier molecular flexibility index (Phi) is 5.51. The fourth-order valence-electron chi connectivity index (χ4n) is 2.06. The summed E-state index contributed by atoms with van der Waals surface area (Å²) in [5.41, 5.74) is 1.38. The summed E-state index contributed by atoms with van der Waals surface area (Å²) < 4.78 is 29.1. The van der Waals surface area contributed by atoms with Crippen LogP contribution < -0.4 is 5.32 Å². The van der Waals surface area contributed by atoms with E-state index < -0.39 is 11.6 Å². The van der Waals surface area contributed by atoms with Crippen molar-refractivity contribution in [1.29, 1.82) is 0 Å². The van der Waals surface area contributed by atoms with E-state index in [4.69, 9.17) is 0 Å². The largest absolute Gasteiger partial charge is 0.306 e. The van der Waals surface area contributed by atoms with Crippen molar-refractivity contribution in [2.75, 3.05) is 6.54 Å². The minimum Gasteiger partial charge on any atom is -0.306 e. The molecular formula is C15H13BrF2IN. The van der Waals surface area contributed by atoms with E-state index in [2.05, 4.69) is 43.8 Å². The van der Waals surface area contributed by atoms with Crippen LogP contribution in [0.2, 0.25) is 0 Å². The Bertz CT molecular complexity index is 619. The summed E-state index contributed by atoms with van der Waals surface area (Å²) in [6.07, 6.45) is 0. The van der Waals surface area contributed by atoms with Crippen LogP contribution in [0.3, 0.4) is 0 Å². The molecule has 0 saturated carbocycles. The van der Waals surface area contributed by atoms with Crippen LogP contribution in [0.25, 0.3) is 0 Å². The zero-order valence-corrected chi connectivity index (χ0v) is 14.5. The van der Waals surface area contributed by atoms with Crippen LogP contribution in [0, 0.1) is 15.2 Å². The molecule has 0 saturated heterocycles. The standard InChI is InChI=1S/C15H13BrF2IN/c1-2-20-15(11-5-3-9(17)7-14(11)18)12-8-10(19)4-6-13(12)16/h3-8,15,20H,2H2,1H3. The van der Waals surface area contributed by atoms with Gasteiger partial charge in [-0.3, -0.25) is 0 Å². The summed E-state index contributed by atoms with van der Waals surface area (Å²) >= 11 is 5.71. The van der Waals surface area contributed by atoms with Gasteiger partial charge in [-0.25, -0.2) is 8.78 Å². The summed E-state index contributed by atoms with van der Waals surface area (Å²) in [6.45, 7) is 2.63. The van der Waals surface area contributed by atoms with Gasteiger partial charge in [0.05, 0.1) is 6.04 Å². The van der Waals surface area contributed by atoms with Crippen LogP contribution >= 0.6 is 38.5 Å². The highest BCUT2D eigenvalue weighted by molar-refractivity contribution is 14.1. The second-order valence-electron chi connectivity index (χ2n) is 4.32. The normalized spacial score (nSPS) is 12.4. The zero-order valence-electron chi connectivity index (χ0n) is 10.8. The Balaban J connectivity index is 2.53. The molecule has 0 fully saturated rings. The molecule has 20 heavy (non-hydrogen) atoms. The molecule has 106 valence electrons. The first-order chi connectivity index (χ1) is 9.52. The quantitative estimate of drug-likeness (QED) is 0.643. The van der Waals surface area contributed by atoms with Crippen molar-refractivity contribution in [3.05, 3.63) is 67.2 Å². The highest BCUT2D eigenvalue weighted by Gasteiger charge is 2.20. The Hall–Kier alpha value is -0.530. The lowest BCUT2D eigenvalue weighted by Crippen LogP contribution is -2.23. The van der Waals surface area contributed by atoms with Crippen LogP contribution in [0.5, 0.6) is 0 Å². The molecule has 0 aromatic heterocycles. The Morgan fingerprint density at radius 3 is 2.55 bits per heavy atom. The van der Waals surface area contributed by atoms with E-state index in [9.17, 15) is 8.78 Å². The second-order valence-corrected chi connectivity index (χ2v) is 6.42. The van der Waals surface area contributed by atoms with Gasteiger partial charge < -0.3 is 5.32 Å². The first-order valence-corrected chi connectivity index (χ1v) is 8.03. The third kappa shape index (κ3) is 3.56. The van der Waals surface area contributed by atoms with Gasteiger partial charge in [-0.15, -0.1) is 0 Å². The molecule has 0 heterocycles. The Labute approximate surface area is 139 Å². The van der Waals surface area contributed by atoms with Crippen LogP contribution in [0.1, 0.15) is 24.1 Å². The molecule has 0 radical (unpaired) electrons. The molecular weight excluding hydrogens is 439 g/mol. The maximum Gasteiger partial charge on any atom is 0.131 e.